The number of aromatic nitrogens is 1. The number of amides is 3. The van der Waals surface area contributed by atoms with Crippen LogP contribution in [0.1, 0.15) is 42.3 Å². The molecule has 134 valence electrons. The molecule has 0 atom stereocenters. The van der Waals surface area contributed by atoms with E-state index in [1.54, 1.807) is 48.5 Å². The van der Waals surface area contributed by atoms with Gasteiger partial charge in [-0.05, 0) is 36.8 Å². The maximum Gasteiger partial charge on any atom is 0.261 e. The standard InChI is InChI=1S/C20H15N3O3S/c1-12-11-27-20(21-12)22-17(24)14-8-6-13(7-9-14)10-23-18(25)15-4-2-3-5-16(15)19(23)26/h2-9,11H,10H2,1H3,(H,21,22,24). The number of nitrogens with zero attached hydrogens (tertiary/aromatic N) is 2. The molecule has 0 aliphatic carbocycles. The predicted octanol–water partition coefficient (Wildman–Crippen LogP) is 3.50. The van der Waals surface area contributed by atoms with E-state index in [9.17, 15) is 14.4 Å². The van der Waals surface area contributed by atoms with Crippen LogP contribution in [0.5, 0.6) is 0 Å². The average molecular weight is 377 g/mol. The van der Waals surface area contributed by atoms with Crippen molar-refractivity contribution < 1.29 is 14.4 Å². The smallest absolute Gasteiger partial charge is 0.261 e. The summed E-state index contributed by atoms with van der Waals surface area (Å²) in [6.45, 7) is 2.03. The van der Waals surface area contributed by atoms with Crippen molar-refractivity contribution in [1.29, 1.82) is 0 Å². The van der Waals surface area contributed by atoms with Gasteiger partial charge >= 0.3 is 0 Å². The number of thiazole rings is 1. The zero-order valence-electron chi connectivity index (χ0n) is 14.4. The van der Waals surface area contributed by atoms with Gasteiger partial charge in [-0.15, -0.1) is 11.3 Å². The summed E-state index contributed by atoms with van der Waals surface area (Å²) < 4.78 is 0. The highest BCUT2D eigenvalue weighted by Gasteiger charge is 2.34. The van der Waals surface area contributed by atoms with E-state index < -0.39 is 0 Å². The molecule has 4 rings (SSSR count). The fourth-order valence-electron chi connectivity index (χ4n) is 2.91. The maximum atomic E-state index is 12.4. The Kier molecular flexibility index (Phi) is 4.29. The monoisotopic (exact) mass is 377 g/mol. The molecule has 0 saturated carbocycles. The molecular weight excluding hydrogens is 362 g/mol. The van der Waals surface area contributed by atoms with Crippen LogP contribution in [0.15, 0.2) is 53.9 Å². The van der Waals surface area contributed by atoms with Gasteiger partial charge in [-0.3, -0.25) is 24.6 Å². The predicted molar refractivity (Wildman–Crippen MR) is 102 cm³/mol. The Bertz CT molecular complexity index is 1020. The molecule has 2 aromatic carbocycles. The molecule has 0 fully saturated rings. The van der Waals surface area contributed by atoms with Crippen LogP contribution in [0.4, 0.5) is 5.13 Å². The van der Waals surface area contributed by atoms with Gasteiger partial charge in [-0.2, -0.15) is 0 Å². The first-order valence-corrected chi connectivity index (χ1v) is 9.18. The van der Waals surface area contributed by atoms with E-state index in [-0.39, 0.29) is 24.3 Å². The summed E-state index contributed by atoms with van der Waals surface area (Å²) in [5.41, 5.74) is 2.96. The second-order valence-electron chi connectivity index (χ2n) is 6.19. The Balaban J connectivity index is 1.46. The van der Waals surface area contributed by atoms with Gasteiger partial charge in [0.15, 0.2) is 5.13 Å². The fourth-order valence-corrected chi connectivity index (χ4v) is 3.59. The van der Waals surface area contributed by atoms with E-state index >= 15 is 0 Å². The largest absolute Gasteiger partial charge is 0.298 e. The molecule has 1 N–H and O–H groups in total. The number of carbonyl (C=O) groups excluding carboxylic acids is 3. The lowest BCUT2D eigenvalue weighted by atomic mass is 10.1. The van der Waals surface area contributed by atoms with Gasteiger partial charge in [0.1, 0.15) is 0 Å². The zero-order chi connectivity index (χ0) is 19.0. The first-order chi connectivity index (χ1) is 13.0. The van der Waals surface area contributed by atoms with Gasteiger partial charge in [0.2, 0.25) is 0 Å². The molecule has 1 aliphatic heterocycles. The van der Waals surface area contributed by atoms with Crippen LogP contribution in [0.2, 0.25) is 0 Å². The van der Waals surface area contributed by atoms with Crippen LogP contribution >= 0.6 is 11.3 Å². The third-order valence-electron chi connectivity index (χ3n) is 4.27. The number of benzene rings is 2. The summed E-state index contributed by atoms with van der Waals surface area (Å²) in [6, 6.07) is 13.6. The number of anilines is 1. The second-order valence-corrected chi connectivity index (χ2v) is 7.05. The molecule has 6 nitrogen and oxygen atoms in total. The minimum absolute atomic E-state index is 0.167. The average Bonchev–Trinajstić information content (AvgIpc) is 3.19. The Labute approximate surface area is 159 Å². The van der Waals surface area contributed by atoms with Crippen molar-refractivity contribution in [3.8, 4) is 0 Å². The van der Waals surface area contributed by atoms with Gasteiger partial charge in [-0.1, -0.05) is 24.3 Å². The van der Waals surface area contributed by atoms with Crippen LogP contribution in [-0.4, -0.2) is 27.6 Å². The number of hydrogen-bond acceptors (Lipinski definition) is 5. The minimum atomic E-state index is -0.295. The first kappa shape index (κ1) is 17.1. The van der Waals surface area contributed by atoms with Gasteiger partial charge in [0, 0.05) is 10.9 Å². The molecular formula is C20H15N3O3S. The van der Waals surface area contributed by atoms with E-state index in [1.807, 2.05) is 12.3 Å². The van der Waals surface area contributed by atoms with Gasteiger partial charge in [-0.25, -0.2) is 4.98 Å². The Morgan fingerprint density at radius 1 is 1.04 bits per heavy atom. The van der Waals surface area contributed by atoms with Crippen LogP contribution in [0.25, 0.3) is 0 Å². The lowest BCUT2D eigenvalue weighted by molar-refractivity contribution is 0.0642. The summed E-state index contributed by atoms with van der Waals surface area (Å²) in [5, 5.41) is 5.16. The van der Waals surface area contributed by atoms with Crippen molar-refractivity contribution in [3.05, 3.63) is 81.9 Å². The van der Waals surface area contributed by atoms with Crippen LogP contribution in [-0.2, 0) is 6.54 Å². The summed E-state index contributed by atoms with van der Waals surface area (Å²) in [4.78, 5) is 42.5. The summed E-state index contributed by atoms with van der Waals surface area (Å²) in [5.74, 6) is -0.843. The fraction of sp³-hybridized carbons (Fsp3) is 0.100. The van der Waals surface area contributed by atoms with Crippen molar-refractivity contribution in [1.82, 2.24) is 9.88 Å². The molecule has 0 radical (unpaired) electrons. The SMILES string of the molecule is Cc1csc(NC(=O)c2ccc(CN3C(=O)c4ccccc4C3=O)cc2)n1. The van der Waals surface area contributed by atoms with Crippen LogP contribution in [0.3, 0.4) is 0 Å². The molecule has 0 spiro atoms. The van der Waals surface area contributed by atoms with Crippen molar-refractivity contribution in [2.45, 2.75) is 13.5 Å². The van der Waals surface area contributed by atoms with Crippen molar-refractivity contribution in [2.24, 2.45) is 0 Å². The van der Waals surface area contributed by atoms with Crippen molar-refractivity contribution >= 4 is 34.2 Å². The molecule has 27 heavy (non-hydrogen) atoms. The van der Waals surface area contributed by atoms with Gasteiger partial charge in [0.05, 0.1) is 23.4 Å². The minimum Gasteiger partial charge on any atom is -0.298 e. The normalized spacial score (nSPS) is 13.0. The quantitative estimate of drug-likeness (QED) is 0.706. The number of fused-ring (bicyclic) bond motifs is 1. The lowest BCUT2D eigenvalue weighted by Gasteiger charge is -2.14. The topological polar surface area (TPSA) is 79.4 Å². The van der Waals surface area contributed by atoms with Crippen molar-refractivity contribution in [3.63, 3.8) is 0 Å². The molecule has 7 heteroatoms. The van der Waals surface area contributed by atoms with Crippen LogP contribution in [0, 0.1) is 6.92 Å². The molecule has 1 aromatic heterocycles. The molecule has 0 bridgehead atoms. The number of imide groups is 1. The van der Waals surface area contributed by atoms with E-state index in [0.29, 0.717) is 21.8 Å². The number of carbonyl (C=O) groups is 3. The molecule has 2 heterocycles. The molecule has 1 aliphatic rings. The highest BCUT2D eigenvalue weighted by molar-refractivity contribution is 7.13. The third-order valence-corrected chi connectivity index (χ3v) is 5.15. The number of aryl methyl sites for hydroxylation is 1. The molecule has 3 aromatic rings. The Morgan fingerprint density at radius 2 is 1.67 bits per heavy atom. The van der Waals surface area contributed by atoms with Gasteiger partial charge < -0.3 is 0 Å². The molecule has 0 saturated heterocycles. The highest BCUT2D eigenvalue weighted by atomic mass is 32.1. The first-order valence-electron chi connectivity index (χ1n) is 8.30. The summed E-state index contributed by atoms with van der Waals surface area (Å²) >= 11 is 1.37. The molecule has 0 unspecified atom stereocenters. The maximum absolute atomic E-state index is 12.4. The van der Waals surface area contributed by atoms with E-state index in [2.05, 4.69) is 10.3 Å². The Morgan fingerprint density at radius 3 is 2.22 bits per heavy atom. The molecule has 3 amide bonds. The van der Waals surface area contributed by atoms with Crippen molar-refractivity contribution in [2.75, 3.05) is 5.32 Å². The third kappa shape index (κ3) is 3.24. The van der Waals surface area contributed by atoms with E-state index in [1.165, 1.54) is 16.2 Å². The number of rotatable bonds is 4. The van der Waals surface area contributed by atoms with Crippen LogP contribution < -0.4 is 5.32 Å². The summed E-state index contributed by atoms with van der Waals surface area (Å²) in [7, 11) is 0. The lowest BCUT2D eigenvalue weighted by Crippen LogP contribution is -2.29. The second kappa shape index (κ2) is 6.77. The Hall–Kier alpha value is -3.32. The number of nitrogens with one attached hydrogen (secondary N) is 1. The van der Waals surface area contributed by atoms with E-state index in [4.69, 9.17) is 0 Å². The zero-order valence-corrected chi connectivity index (χ0v) is 15.2. The van der Waals surface area contributed by atoms with Gasteiger partial charge in [0.25, 0.3) is 17.7 Å². The summed E-state index contributed by atoms with van der Waals surface area (Å²) in [6.07, 6.45) is 0. The van der Waals surface area contributed by atoms with E-state index in [0.717, 1.165) is 11.3 Å². The number of hydrogen-bond donors (Lipinski definition) is 1. The highest BCUT2D eigenvalue weighted by Crippen LogP contribution is 2.24.